The molecule has 4 N–H and O–H groups in total. The van der Waals surface area contributed by atoms with Gasteiger partial charge in [-0.25, -0.2) is 9.78 Å². The molecule has 2 rings (SSSR count). The zero-order chi connectivity index (χ0) is 15.9. The van der Waals surface area contributed by atoms with Crippen molar-refractivity contribution in [1.82, 2.24) is 9.97 Å². The number of amides is 1. The molecule has 0 fully saturated rings. The van der Waals surface area contributed by atoms with Gasteiger partial charge in [0.1, 0.15) is 5.82 Å². The van der Waals surface area contributed by atoms with Gasteiger partial charge in [-0.3, -0.25) is 9.78 Å². The lowest BCUT2D eigenvalue weighted by Gasteiger charge is -2.06. The summed E-state index contributed by atoms with van der Waals surface area (Å²) in [5.41, 5.74) is 7.17. The van der Waals surface area contributed by atoms with Gasteiger partial charge in [0.05, 0.1) is 24.6 Å². The normalized spacial score (nSPS) is 10.5. The SMILES string of the molecule is NC(=O)CNc1cncc(-c2cccc(C=CC(=O)O)c2)n1. The van der Waals surface area contributed by atoms with E-state index in [-0.39, 0.29) is 6.54 Å². The molecule has 0 aliphatic rings. The number of nitrogens with one attached hydrogen (secondary N) is 1. The van der Waals surface area contributed by atoms with E-state index in [4.69, 9.17) is 10.8 Å². The summed E-state index contributed by atoms with van der Waals surface area (Å²) in [4.78, 5) is 29.7. The van der Waals surface area contributed by atoms with Crippen LogP contribution in [-0.2, 0) is 9.59 Å². The Bertz CT molecular complexity index is 728. The Labute approximate surface area is 126 Å². The zero-order valence-corrected chi connectivity index (χ0v) is 11.6. The van der Waals surface area contributed by atoms with E-state index in [1.165, 1.54) is 12.3 Å². The molecular formula is C15H14N4O3. The van der Waals surface area contributed by atoms with Gasteiger partial charge in [-0.15, -0.1) is 0 Å². The van der Waals surface area contributed by atoms with Gasteiger partial charge in [-0.2, -0.15) is 0 Å². The first-order chi connectivity index (χ1) is 10.5. The summed E-state index contributed by atoms with van der Waals surface area (Å²) in [6.07, 6.45) is 5.63. The molecule has 0 saturated carbocycles. The fourth-order valence-electron chi connectivity index (χ4n) is 1.74. The van der Waals surface area contributed by atoms with Crippen LogP contribution in [0, 0.1) is 0 Å². The molecule has 0 bridgehead atoms. The standard InChI is InChI=1S/C15H14N4O3/c16-13(20)8-18-14-9-17-7-12(19-14)11-3-1-2-10(6-11)4-5-15(21)22/h1-7,9H,8H2,(H2,16,20)(H,18,19)(H,21,22). The Morgan fingerprint density at radius 3 is 2.86 bits per heavy atom. The Kier molecular flexibility index (Phi) is 4.81. The molecule has 0 unspecified atom stereocenters. The van der Waals surface area contributed by atoms with E-state index < -0.39 is 11.9 Å². The summed E-state index contributed by atoms with van der Waals surface area (Å²) in [5, 5.41) is 11.4. The van der Waals surface area contributed by atoms with Gasteiger partial charge in [0.2, 0.25) is 5.91 Å². The van der Waals surface area contributed by atoms with Crippen molar-refractivity contribution in [2.45, 2.75) is 0 Å². The van der Waals surface area contributed by atoms with Crippen LogP contribution in [0.4, 0.5) is 5.82 Å². The Balaban J connectivity index is 2.24. The van der Waals surface area contributed by atoms with Gasteiger partial charge in [-0.1, -0.05) is 18.2 Å². The number of carboxylic acid groups (broad SMARTS) is 1. The highest BCUT2D eigenvalue weighted by Gasteiger charge is 2.03. The molecule has 1 aromatic heterocycles. The highest BCUT2D eigenvalue weighted by atomic mass is 16.4. The van der Waals surface area contributed by atoms with E-state index in [2.05, 4.69) is 15.3 Å². The first kappa shape index (κ1) is 15.2. The van der Waals surface area contributed by atoms with E-state index in [1.54, 1.807) is 24.4 Å². The number of hydrogen-bond acceptors (Lipinski definition) is 5. The van der Waals surface area contributed by atoms with Crippen LogP contribution in [0.15, 0.2) is 42.7 Å². The number of anilines is 1. The van der Waals surface area contributed by atoms with Gasteiger partial charge in [0.25, 0.3) is 0 Å². The molecule has 1 aromatic carbocycles. The third-order valence-electron chi connectivity index (χ3n) is 2.68. The number of aliphatic carboxylic acids is 1. The van der Waals surface area contributed by atoms with Crippen molar-refractivity contribution in [1.29, 1.82) is 0 Å². The molecule has 22 heavy (non-hydrogen) atoms. The molecule has 2 aromatic rings. The predicted octanol–water partition coefficient (Wildman–Crippen LogP) is 1.14. The molecule has 1 amide bonds. The monoisotopic (exact) mass is 298 g/mol. The van der Waals surface area contributed by atoms with Crippen molar-refractivity contribution in [3.8, 4) is 11.3 Å². The number of hydrogen-bond donors (Lipinski definition) is 3. The average molecular weight is 298 g/mol. The van der Waals surface area contributed by atoms with Crippen LogP contribution >= 0.6 is 0 Å². The van der Waals surface area contributed by atoms with Gasteiger partial charge in [0.15, 0.2) is 0 Å². The number of benzene rings is 1. The van der Waals surface area contributed by atoms with Crippen LogP contribution in [0.3, 0.4) is 0 Å². The van der Waals surface area contributed by atoms with E-state index in [0.29, 0.717) is 11.5 Å². The van der Waals surface area contributed by atoms with Crippen LogP contribution < -0.4 is 11.1 Å². The second kappa shape index (κ2) is 6.98. The van der Waals surface area contributed by atoms with Crippen molar-refractivity contribution < 1.29 is 14.7 Å². The maximum Gasteiger partial charge on any atom is 0.328 e. The molecule has 0 aliphatic heterocycles. The summed E-state index contributed by atoms with van der Waals surface area (Å²) >= 11 is 0. The van der Waals surface area contributed by atoms with Crippen molar-refractivity contribution in [2.75, 3.05) is 11.9 Å². The molecule has 0 spiro atoms. The molecular weight excluding hydrogens is 284 g/mol. The first-order valence-corrected chi connectivity index (χ1v) is 6.40. The first-order valence-electron chi connectivity index (χ1n) is 6.40. The van der Waals surface area contributed by atoms with Crippen LogP contribution in [-0.4, -0.2) is 33.5 Å². The second-order valence-electron chi connectivity index (χ2n) is 4.41. The lowest BCUT2D eigenvalue weighted by Crippen LogP contribution is -2.22. The molecule has 112 valence electrons. The Morgan fingerprint density at radius 1 is 1.32 bits per heavy atom. The number of nitrogens with zero attached hydrogens (tertiary/aromatic N) is 2. The number of rotatable bonds is 6. The van der Waals surface area contributed by atoms with E-state index >= 15 is 0 Å². The summed E-state index contributed by atoms with van der Waals surface area (Å²) in [6, 6.07) is 7.20. The zero-order valence-electron chi connectivity index (χ0n) is 11.6. The summed E-state index contributed by atoms with van der Waals surface area (Å²) < 4.78 is 0. The third kappa shape index (κ3) is 4.41. The van der Waals surface area contributed by atoms with Crippen LogP contribution in [0.5, 0.6) is 0 Å². The Hall–Kier alpha value is -3.22. The Morgan fingerprint density at radius 2 is 2.14 bits per heavy atom. The fraction of sp³-hybridized carbons (Fsp3) is 0.0667. The minimum atomic E-state index is -1.01. The highest BCUT2D eigenvalue weighted by Crippen LogP contribution is 2.19. The molecule has 7 nitrogen and oxygen atoms in total. The average Bonchev–Trinajstić information content (AvgIpc) is 2.51. The molecule has 7 heteroatoms. The van der Waals surface area contributed by atoms with Gasteiger partial charge >= 0.3 is 5.97 Å². The molecule has 0 radical (unpaired) electrons. The molecule has 0 atom stereocenters. The highest BCUT2D eigenvalue weighted by molar-refractivity contribution is 5.85. The number of carbonyl (C=O) groups is 2. The molecule has 0 saturated heterocycles. The van der Waals surface area contributed by atoms with Crippen LogP contribution in [0.25, 0.3) is 17.3 Å². The third-order valence-corrected chi connectivity index (χ3v) is 2.68. The van der Waals surface area contributed by atoms with E-state index in [9.17, 15) is 9.59 Å². The van der Waals surface area contributed by atoms with Crippen LogP contribution in [0.1, 0.15) is 5.56 Å². The van der Waals surface area contributed by atoms with Crippen LogP contribution in [0.2, 0.25) is 0 Å². The summed E-state index contributed by atoms with van der Waals surface area (Å²) in [7, 11) is 0. The van der Waals surface area contributed by atoms with E-state index in [1.807, 2.05) is 6.07 Å². The fourth-order valence-corrected chi connectivity index (χ4v) is 1.74. The number of primary amides is 1. The molecule has 1 heterocycles. The van der Waals surface area contributed by atoms with Crippen molar-refractivity contribution in [2.24, 2.45) is 5.73 Å². The summed E-state index contributed by atoms with van der Waals surface area (Å²) in [6.45, 7) is -0.0283. The smallest absolute Gasteiger partial charge is 0.328 e. The number of aromatic nitrogens is 2. The lowest BCUT2D eigenvalue weighted by molar-refractivity contribution is -0.131. The van der Waals surface area contributed by atoms with Gasteiger partial charge in [-0.05, 0) is 17.7 Å². The predicted molar refractivity (Wildman–Crippen MR) is 81.8 cm³/mol. The van der Waals surface area contributed by atoms with E-state index in [0.717, 1.165) is 17.2 Å². The topological polar surface area (TPSA) is 118 Å². The maximum absolute atomic E-state index is 10.8. The minimum absolute atomic E-state index is 0.0283. The minimum Gasteiger partial charge on any atom is -0.478 e. The van der Waals surface area contributed by atoms with Crippen molar-refractivity contribution >= 4 is 23.8 Å². The largest absolute Gasteiger partial charge is 0.478 e. The van der Waals surface area contributed by atoms with Crippen molar-refractivity contribution in [3.63, 3.8) is 0 Å². The quantitative estimate of drug-likeness (QED) is 0.688. The second-order valence-corrected chi connectivity index (χ2v) is 4.41. The van der Waals surface area contributed by atoms with Crippen molar-refractivity contribution in [3.05, 3.63) is 48.3 Å². The number of carboxylic acids is 1. The number of nitrogens with two attached hydrogens (primary N) is 1. The lowest BCUT2D eigenvalue weighted by atomic mass is 10.1. The maximum atomic E-state index is 10.8. The number of carbonyl (C=O) groups excluding carboxylic acids is 1. The van der Waals surface area contributed by atoms with Gasteiger partial charge < -0.3 is 16.2 Å². The summed E-state index contributed by atoms with van der Waals surface area (Å²) in [5.74, 6) is -1.07. The molecule has 0 aliphatic carbocycles. The van der Waals surface area contributed by atoms with Gasteiger partial charge in [0, 0.05) is 11.6 Å².